The molecule has 0 aliphatic carbocycles. The highest BCUT2D eigenvalue weighted by molar-refractivity contribution is 5.53. The summed E-state index contributed by atoms with van der Waals surface area (Å²) in [6.07, 6.45) is 0.254. The maximum Gasteiger partial charge on any atom is 0.121 e. The molecule has 80 valence electrons. The molecule has 15 heavy (non-hydrogen) atoms. The molecule has 0 atom stereocenters. The second kappa shape index (κ2) is 5.26. The molecule has 0 amide bonds. The molecular weight excluding hydrogens is 188 g/mol. The van der Waals surface area contributed by atoms with Gasteiger partial charge in [-0.05, 0) is 19.9 Å². The minimum absolute atomic E-state index is 0.209. The van der Waals surface area contributed by atoms with Crippen molar-refractivity contribution in [1.29, 1.82) is 5.26 Å². The minimum Gasteiger partial charge on any atom is -0.508 e. The van der Waals surface area contributed by atoms with Crippen LogP contribution >= 0.6 is 0 Å². The second-order valence-corrected chi connectivity index (χ2v) is 3.32. The third-order valence-electron chi connectivity index (χ3n) is 2.47. The van der Waals surface area contributed by atoms with E-state index in [1.54, 1.807) is 6.07 Å². The van der Waals surface area contributed by atoms with Gasteiger partial charge in [0.25, 0.3) is 0 Å². The summed E-state index contributed by atoms with van der Waals surface area (Å²) < 4.78 is 0. The molecule has 0 aliphatic rings. The van der Waals surface area contributed by atoms with Crippen LogP contribution in [0.3, 0.4) is 0 Å². The van der Waals surface area contributed by atoms with Crippen LogP contribution in [0.1, 0.15) is 19.4 Å². The van der Waals surface area contributed by atoms with Gasteiger partial charge in [0, 0.05) is 30.4 Å². The van der Waals surface area contributed by atoms with E-state index in [1.807, 2.05) is 18.2 Å². The first-order valence-electron chi connectivity index (χ1n) is 5.16. The summed E-state index contributed by atoms with van der Waals surface area (Å²) >= 11 is 0. The Kier molecular flexibility index (Phi) is 3.99. The Balaban J connectivity index is 2.95. The van der Waals surface area contributed by atoms with E-state index in [4.69, 9.17) is 5.26 Å². The van der Waals surface area contributed by atoms with Gasteiger partial charge in [0.15, 0.2) is 0 Å². The Morgan fingerprint density at radius 2 is 2.00 bits per heavy atom. The van der Waals surface area contributed by atoms with Crippen LogP contribution in [0.15, 0.2) is 18.2 Å². The van der Waals surface area contributed by atoms with Gasteiger partial charge in [-0.2, -0.15) is 5.26 Å². The fourth-order valence-electron chi connectivity index (χ4n) is 1.57. The van der Waals surface area contributed by atoms with Crippen LogP contribution in [0.2, 0.25) is 0 Å². The van der Waals surface area contributed by atoms with Gasteiger partial charge in [-0.1, -0.05) is 6.07 Å². The second-order valence-electron chi connectivity index (χ2n) is 3.32. The highest BCUT2D eigenvalue weighted by atomic mass is 16.3. The number of hydrogen-bond donors (Lipinski definition) is 1. The van der Waals surface area contributed by atoms with Crippen molar-refractivity contribution in [2.75, 3.05) is 18.0 Å². The summed E-state index contributed by atoms with van der Waals surface area (Å²) in [7, 11) is 0. The summed E-state index contributed by atoms with van der Waals surface area (Å²) in [5.41, 5.74) is 1.69. The highest BCUT2D eigenvalue weighted by Gasteiger charge is 2.05. The number of phenols is 1. The molecule has 0 heterocycles. The number of nitrogens with zero attached hydrogens (tertiary/aromatic N) is 2. The molecule has 3 heteroatoms. The number of anilines is 1. The molecule has 0 aliphatic heterocycles. The lowest BCUT2D eigenvalue weighted by Gasteiger charge is -2.21. The van der Waals surface area contributed by atoms with Crippen molar-refractivity contribution < 1.29 is 5.11 Å². The molecule has 1 N–H and O–H groups in total. The summed E-state index contributed by atoms with van der Waals surface area (Å²) in [5.74, 6) is 0.209. The average Bonchev–Trinajstić information content (AvgIpc) is 2.24. The topological polar surface area (TPSA) is 47.3 Å². The number of rotatable bonds is 4. The molecular formula is C12H16N2O. The lowest BCUT2D eigenvalue weighted by Crippen LogP contribution is -2.21. The number of hydrogen-bond acceptors (Lipinski definition) is 3. The van der Waals surface area contributed by atoms with Crippen LogP contribution in [0.4, 0.5) is 5.69 Å². The van der Waals surface area contributed by atoms with Gasteiger partial charge in [0.1, 0.15) is 5.75 Å². The predicted octanol–water partition coefficient (Wildman–Crippen LogP) is 2.30. The van der Waals surface area contributed by atoms with E-state index in [0.717, 1.165) is 18.8 Å². The van der Waals surface area contributed by atoms with Crippen molar-refractivity contribution in [2.24, 2.45) is 0 Å². The third kappa shape index (κ3) is 2.63. The number of nitriles is 1. The zero-order chi connectivity index (χ0) is 11.3. The van der Waals surface area contributed by atoms with Crippen molar-refractivity contribution in [3.8, 4) is 11.8 Å². The van der Waals surface area contributed by atoms with Gasteiger partial charge in [-0.25, -0.2) is 0 Å². The molecule has 0 spiro atoms. The van der Waals surface area contributed by atoms with E-state index < -0.39 is 0 Å². The molecule has 1 rings (SSSR count). The maximum atomic E-state index is 9.68. The smallest absolute Gasteiger partial charge is 0.121 e. The van der Waals surface area contributed by atoms with Gasteiger partial charge in [-0.15, -0.1) is 0 Å². The van der Waals surface area contributed by atoms with Gasteiger partial charge in [0.2, 0.25) is 0 Å². The molecule has 0 saturated carbocycles. The summed E-state index contributed by atoms with van der Waals surface area (Å²) in [6, 6.07) is 7.51. The van der Waals surface area contributed by atoms with Crippen LogP contribution < -0.4 is 4.90 Å². The standard InChI is InChI=1S/C12H16N2O/c1-3-14(4-2)11-6-5-10(7-8-13)12(15)9-11/h5-6,9,15H,3-4,7H2,1-2H3. The lowest BCUT2D eigenvalue weighted by atomic mass is 10.1. The summed E-state index contributed by atoms with van der Waals surface area (Å²) in [6.45, 7) is 5.97. The summed E-state index contributed by atoms with van der Waals surface area (Å²) in [5, 5.41) is 18.2. The number of aromatic hydroxyl groups is 1. The van der Waals surface area contributed by atoms with Crippen LogP contribution in [-0.4, -0.2) is 18.2 Å². The van der Waals surface area contributed by atoms with Gasteiger partial charge >= 0.3 is 0 Å². The average molecular weight is 204 g/mol. The Labute approximate surface area is 90.6 Å². The molecule has 1 aromatic carbocycles. The fraction of sp³-hybridized carbons (Fsp3) is 0.417. The van der Waals surface area contributed by atoms with Crippen molar-refractivity contribution in [3.05, 3.63) is 23.8 Å². The number of benzene rings is 1. The number of phenolic OH excluding ortho intramolecular Hbond substituents is 1. The Morgan fingerprint density at radius 1 is 1.33 bits per heavy atom. The van der Waals surface area contributed by atoms with Gasteiger partial charge in [-0.3, -0.25) is 0 Å². The molecule has 1 aromatic rings. The quantitative estimate of drug-likeness (QED) is 0.818. The van der Waals surface area contributed by atoms with Gasteiger partial charge < -0.3 is 10.0 Å². The molecule has 0 aromatic heterocycles. The molecule has 3 nitrogen and oxygen atoms in total. The van der Waals surface area contributed by atoms with Crippen molar-refractivity contribution in [3.63, 3.8) is 0 Å². The maximum absolute atomic E-state index is 9.68. The van der Waals surface area contributed by atoms with E-state index in [2.05, 4.69) is 18.7 Å². The van der Waals surface area contributed by atoms with Crippen LogP contribution in [-0.2, 0) is 6.42 Å². The Morgan fingerprint density at radius 3 is 2.47 bits per heavy atom. The van der Waals surface area contributed by atoms with E-state index in [1.165, 1.54) is 0 Å². The first-order valence-corrected chi connectivity index (χ1v) is 5.16. The molecule has 0 unspecified atom stereocenters. The van der Waals surface area contributed by atoms with Crippen LogP contribution in [0.25, 0.3) is 0 Å². The van der Waals surface area contributed by atoms with Crippen LogP contribution in [0.5, 0.6) is 5.75 Å². The third-order valence-corrected chi connectivity index (χ3v) is 2.47. The fourth-order valence-corrected chi connectivity index (χ4v) is 1.57. The first kappa shape index (κ1) is 11.4. The van der Waals surface area contributed by atoms with Crippen LogP contribution in [0, 0.1) is 11.3 Å². The molecule has 0 radical (unpaired) electrons. The lowest BCUT2D eigenvalue weighted by molar-refractivity contribution is 0.470. The van der Waals surface area contributed by atoms with Gasteiger partial charge in [0.05, 0.1) is 12.5 Å². The van der Waals surface area contributed by atoms with E-state index in [0.29, 0.717) is 5.56 Å². The molecule has 0 saturated heterocycles. The predicted molar refractivity (Wildman–Crippen MR) is 61.0 cm³/mol. The zero-order valence-electron chi connectivity index (χ0n) is 9.20. The van der Waals surface area contributed by atoms with E-state index >= 15 is 0 Å². The van der Waals surface area contributed by atoms with Crippen molar-refractivity contribution in [1.82, 2.24) is 0 Å². The monoisotopic (exact) mass is 204 g/mol. The molecule has 0 fully saturated rings. The molecule has 0 bridgehead atoms. The Bertz CT molecular complexity index is 364. The zero-order valence-corrected chi connectivity index (χ0v) is 9.20. The van der Waals surface area contributed by atoms with E-state index in [-0.39, 0.29) is 12.2 Å². The highest BCUT2D eigenvalue weighted by Crippen LogP contribution is 2.24. The SMILES string of the molecule is CCN(CC)c1ccc(CC#N)c(O)c1. The normalized spacial score (nSPS) is 9.67. The largest absolute Gasteiger partial charge is 0.508 e. The first-order chi connectivity index (χ1) is 7.22. The Hall–Kier alpha value is -1.69. The van der Waals surface area contributed by atoms with Crippen molar-refractivity contribution in [2.45, 2.75) is 20.3 Å². The summed E-state index contributed by atoms with van der Waals surface area (Å²) in [4.78, 5) is 2.15. The van der Waals surface area contributed by atoms with E-state index in [9.17, 15) is 5.11 Å². The van der Waals surface area contributed by atoms with Crippen molar-refractivity contribution >= 4 is 5.69 Å². The minimum atomic E-state index is 0.209.